The first-order valence-corrected chi connectivity index (χ1v) is 6.98. The van der Waals surface area contributed by atoms with E-state index in [4.69, 9.17) is 0 Å². The predicted molar refractivity (Wildman–Crippen MR) is 77.7 cm³/mol. The molecule has 1 rings (SSSR count). The molecule has 0 saturated heterocycles. The van der Waals surface area contributed by atoms with Crippen molar-refractivity contribution in [3.63, 3.8) is 0 Å². The fraction of sp³-hybridized carbons (Fsp3) is 0.625. The van der Waals surface area contributed by atoms with Gasteiger partial charge in [-0.2, -0.15) is 0 Å². The van der Waals surface area contributed by atoms with E-state index in [0.29, 0.717) is 6.04 Å². The molecule has 2 nitrogen and oxygen atoms in total. The van der Waals surface area contributed by atoms with Crippen molar-refractivity contribution in [3.8, 4) is 0 Å². The summed E-state index contributed by atoms with van der Waals surface area (Å²) in [7, 11) is 0. The number of aliphatic hydroxyl groups is 1. The molecule has 0 aliphatic rings. The normalized spacial score (nSPS) is 16.2. The lowest BCUT2D eigenvalue weighted by atomic mass is 9.88. The highest BCUT2D eigenvalue weighted by Gasteiger charge is 2.21. The Morgan fingerprint density at radius 1 is 1.28 bits per heavy atom. The third kappa shape index (κ3) is 5.19. The first kappa shape index (κ1) is 15.2. The highest BCUT2D eigenvalue weighted by atomic mass is 16.3. The van der Waals surface area contributed by atoms with Crippen LogP contribution >= 0.6 is 0 Å². The fourth-order valence-corrected chi connectivity index (χ4v) is 1.84. The molecular weight excluding hydrogens is 222 g/mol. The van der Waals surface area contributed by atoms with Crippen LogP contribution in [0.4, 0.5) is 0 Å². The lowest BCUT2D eigenvalue weighted by molar-refractivity contribution is 0.132. The molecule has 2 atom stereocenters. The van der Waals surface area contributed by atoms with Gasteiger partial charge in [-0.3, -0.25) is 0 Å². The SMILES string of the molecule is CCC(C)(CO)CNC(C)CCc1ccccc1. The minimum atomic E-state index is 0.0149. The van der Waals surface area contributed by atoms with Crippen molar-refractivity contribution in [2.45, 2.75) is 46.1 Å². The minimum Gasteiger partial charge on any atom is -0.396 e. The van der Waals surface area contributed by atoms with Crippen molar-refractivity contribution >= 4 is 0 Å². The molecule has 0 aliphatic carbocycles. The molecule has 0 saturated carbocycles. The number of aliphatic hydroxyl groups excluding tert-OH is 1. The molecule has 1 aromatic rings. The Bertz CT molecular complexity index is 319. The van der Waals surface area contributed by atoms with Crippen molar-refractivity contribution in [3.05, 3.63) is 35.9 Å². The van der Waals surface area contributed by atoms with Gasteiger partial charge in [0.15, 0.2) is 0 Å². The monoisotopic (exact) mass is 249 g/mol. The Morgan fingerprint density at radius 2 is 1.94 bits per heavy atom. The van der Waals surface area contributed by atoms with E-state index >= 15 is 0 Å². The zero-order valence-corrected chi connectivity index (χ0v) is 11.9. The molecule has 0 radical (unpaired) electrons. The summed E-state index contributed by atoms with van der Waals surface area (Å²) in [6.45, 7) is 7.62. The average Bonchev–Trinajstić information content (AvgIpc) is 2.43. The van der Waals surface area contributed by atoms with Crippen LogP contribution in [0.1, 0.15) is 39.2 Å². The van der Waals surface area contributed by atoms with Gasteiger partial charge in [-0.05, 0) is 31.7 Å². The van der Waals surface area contributed by atoms with Crippen LogP contribution in [0.2, 0.25) is 0 Å². The van der Waals surface area contributed by atoms with Crippen LogP contribution in [-0.4, -0.2) is 24.3 Å². The third-order valence-corrected chi connectivity index (χ3v) is 3.82. The second-order valence-corrected chi connectivity index (χ2v) is 5.63. The molecule has 1 aromatic carbocycles. The van der Waals surface area contributed by atoms with Gasteiger partial charge >= 0.3 is 0 Å². The zero-order chi connectivity index (χ0) is 13.4. The van der Waals surface area contributed by atoms with Crippen LogP contribution in [0.25, 0.3) is 0 Å². The van der Waals surface area contributed by atoms with E-state index in [0.717, 1.165) is 25.8 Å². The third-order valence-electron chi connectivity index (χ3n) is 3.82. The maximum atomic E-state index is 9.37. The molecule has 0 amide bonds. The largest absolute Gasteiger partial charge is 0.396 e. The second kappa shape index (κ2) is 7.55. The van der Waals surface area contributed by atoms with Gasteiger partial charge in [0.25, 0.3) is 0 Å². The molecular formula is C16H27NO. The summed E-state index contributed by atoms with van der Waals surface area (Å²) in [5.41, 5.74) is 1.41. The number of hydrogen-bond acceptors (Lipinski definition) is 2. The van der Waals surface area contributed by atoms with E-state index in [1.54, 1.807) is 0 Å². The summed E-state index contributed by atoms with van der Waals surface area (Å²) in [6.07, 6.45) is 3.24. The van der Waals surface area contributed by atoms with Crippen molar-refractivity contribution < 1.29 is 5.11 Å². The number of hydrogen-bond donors (Lipinski definition) is 2. The van der Waals surface area contributed by atoms with Crippen LogP contribution in [0.3, 0.4) is 0 Å². The Balaban J connectivity index is 2.28. The second-order valence-electron chi connectivity index (χ2n) is 5.63. The van der Waals surface area contributed by atoms with Crippen molar-refractivity contribution in [2.75, 3.05) is 13.2 Å². The van der Waals surface area contributed by atoms with E-state index in [1.165, 1.54) is 5.56 Å². The maximum Gasteiger partial charge on any atom is 0.0496 e. The Hall–Kier alpha value is -0.860. The molecule has 102 valence electrons. The maximum absolute atomic E-state index is 9.37. The van der Waals surface area contributed by atoms with Crippen LogP contribution in [0.5, 0.6) is 0 Å². The number of benzene rings is 1. The van der Waals surface area contributed by atoms with E-state index in [9.17, 15) is 5.11 Å². The predicted octanol–water partition coefficient (Wildman–Crippen LogP) is 3.01. The van der Waals surface area contributed by atoms with Crippen molar-refractivity contribution in [1.29, 1.82) is 0 Å². The van der Waals surface area contributed by atoms with Crippen molar-refractivity contribution in [2.24, 2.45) is 5.41 Å². The van der Waals surface area contributed by atoms with Crippen LogP contribution in [-0.2, 0) is 6.42 Å². The molecule has 0 aliphatic heterocycles. The van der Waals surface area contributed by atoms with E-state index in [1.807, 2.05) is 0 Å². The van der Waals surface area contributed by atoms with Gasteiger partial charge in [0.2, 0.25) is 0 Å². The molecule has 0 spiro atoms. The molecule has 0 fully saturated rings. The molecule has 0 aromatic heterocycles. The summed E-state index contributed by atoms with van der Waals surface area (Å²) in [5, 5.41) is 12.9. The fourth-order valence-electron chi connectivity index (χ4n) is 1.84. The number of rotatable bonds is 8. The molecule has 18 heavy (non-hydrogen) atoms. The van der Waals surface area contributed by atoms with E-state index in [-0.39, 0.29) is 12.0 Å². The standard InChI is InChI=1S/C16H27NO/c1-4-16(3,13-18)12-17-14(2)10-11-15-8-6-5-7-9-15/h5-9,14,17-18H,4,10-13H2,1-3H3. The average molecular weight is 249 g/mol. The van der Waals surface area contributed by atoms with Crippen LogP contribution in [0, 0.1) is 5.41 Å². The Kier molecular flexibility index (Phi) is 6.37. The highest BCUT2D eigenvalue weighted by molar-refractivity contribution is 5.14. The smallest absolute Gasteiger partial charge is 0.0496 e. The van der Waals surface area contributed by atoms with Gasteiger partial charge in [0, 0.05) is 24.6 Å². The highest BCUT2D eigenvalue weighted by Crippen LogP contribution is 2.18. The molecule has 0 bridgehead atoms. The minimum absolute atomic E-state index is 0.0149. The Labute approximate surface area is 111 Å². The number of nitrogens with one attached hydrogen (secondary N) is 1. The quantitative estimate of drug-likeness (QED) is 0.742. The summed E-state index contributed by atoms with van der Waals surface area (Å²) in [4.78, 5) is 0. The molecule has 2 heteroatoms. The van der Waals surface area contributed by atoms with Gasteiger partial charge in [-0.25, -0.2) is 0 Å². The van der Waals surface area contributed by atoms with E-state index in [2.05, 4.69) is 56.4 Å². The summed E-state index contributed by atoms with van der Waals surface area (Å²) in [6, 6.07) is 11.1. The van der Waals surface area contributed by atoms with Crippen LogP contribution < -0.4 is 5.32 Å². The first-order valence-electron chi connectivity index (χ1n) is 6.98. The van der Waals surface area contributed by atoms with Gasteiger partial charge < -0.3 is 10.4 Å². The van der Waals surface area contributed by atoms with Crippen molar-refractivity contribution in [1.82, 2.24) is 5.32 Å². The summed E-state index contributed by atoms with van der Waals surface area (Å²) < 4.78 is 0. The topological polar surface area (TPSA) is 32.3 Å². The molecule has 2 unspecified atom stereocenters. The van der Waals surface area contributed by atoms with Gasteiger partial charge in [-0.1, -0.05) is 44.2 Å². The lowest BCUT2D eigenvalue weighted by Crippen LogP contribution is -2.39. The van der Waals surface area contributed by atoms with Crippen LogP contribution in [0.15, 0.2) is 30.3 Å². The van der Waals surface area contributed by atoms with Gasteiger partial charge in [0.05, 0.1) is 0 Å². The van der Waals surface area contributed by atoms with Gasteiger partial charge in [-0.15, -0.1) is 0 Å². The summed E-state index contributed by atoms with van der Waals surface area (Å²) >= 11 is 0. The Morgan fingerprint density at radius 3 is 2.50 bits per heavy atom. The summed E-state index contributed by atoms with van der Waals surface area (Å²) in [5.74, 6) is 0. The number of aryl methyl sites for hydroxylation is 1. The first-order chi connectivity index (χ1) is 8.59. The van der Waals surface area contributed by atoms with Gasteiger partial charge in [0.1, 0.15) is 0 Å². The molecule has 2 N–H and O–H groups in total. The van der Waals surface area contributed by atoms with E-state index < -0.39 is 0 Å². The molecule has 0 heterocycles. The zero-order valence-electron chi connectivity index (χ0n) is 11.9. The lowest BCUT2D eigenvalue weighted by Gasteiger charge is -2.28.